The minimum Gasteiger partial charge on any atom is -0.497 e. The minimum atomic E-state index is -3.93. The molecule has 3 rings (SSSR count). The lowest BCUT2D eigenvalue weighted by Crippen LogP contribution is -2.49. The number of fused-ring (bicyclic) bond motifs is 1. The van der Waals surface area contributed by atoms with Crippen LogP contribution in [-0.4, -0.2) is 39.9 Å². The SMILES string of the molecule is COc1ccc(CNC(=O)[C@@H](NS(=O)(=O)c2ccc3c(c2)CCN3C(C)=O)C(C)C)cc1. The largest absolute Gasteiger partial charge is 0.497 e. The fourth-order valence-electron chi connectivity index (χ4n) is 3.64. The number of amides is 2. The maximum Gasteiger partial charge on any atom is 0.241 e. The Morgan fingerprint density at radius 3 is 2.41 bits per heavy atom. The molecule has 0 aromatic heterocycles. The lowest BCUT2D eigenvalue weighted by atomic mass is 10.0. The van der Waals surface area contributed by atoms with E-state index in [1.165, 1.54) is 13.0 Å². The van der Waals surface area contributed by atoms with Crippen molar-refractivity contribution < 1.29 is 22.7 Å². The molecule has 1 aliphatic rings. The molecule has 1 aliphatic heterocycles. The highest BCUT2D eigenvalue weighted by Gasteiger charge is 2.30. The van der Waals surface area contributed by atoms with Crippen molar-refractivity contribution in [2.45, 2.75) is 44.7 Å². The molecular formula is C23H29N3O5S. The number of carbonyl (C=O) groups excluding carboxylic acids is 2. The molecular weight excluding hydrogens is 430 g/mol. The van der Waals surface area contributed by atoms with E-state index in [0.717, 1.165) is 16.8 Å². The fourth-order valence-corrected chi connectivity index (χ4v) is 5.04. The molecule has 1 atom stereocenters. The van der Waals surface area contributed by atoms with Gasteiger partial charge in [0.1, 0.15) is 11.8 Å². The van der Waals surface area contributed by atoms with Gasteiger partial charge in [0.05, 0.1) is 12.0 Å². The average molecular weight is 460 g/mol. The monoisotopic (exact) mass is 459 g/mol. The summed E-state index contributed by atoms with van der Waals surface area (Å²) in [6.07, 6.45) is 0.591. The molecule has 0 saturated carbocycles. The van der Waals surface area contributed by atoms with Crippen LogP contribution < -0.4 is 19.7 Å². The molecule has 172 valence electrons. The summed E-state index contributed by atoms with van der Waals surface area (Å²) in [5.41, 5.74) is 2.40. The van der Waals surface area contributed by atoms with Crippen LogP contribution in [-0.2, 0) is 32.6 Å². The number of carbonyl (C=O) groups is 2. The molecule has 9 heteroatoms. The second-order valence-electron chi connectivity index (χ2n) is 8.12. The van der Waals surface area contributed by atoms with Crippen LogP contribution >= 0.6 is 0 Å². The molecule has 2 N–H and O–H groups in total. The minimum absolute atomic E-state index is 0.0779. The van der Waals surface area contributed by atoms with Gasteiger partial charge in [-0.2, -0.15) is 4.72 Å². The van der Waals surface area contributed by atoms with E-state index < -0.39 is 22.0 Å². The van der Waals surface area contributed by atoms with Gasteiger partial charge >= 0.3 is 0 Å². The molecule has 0 spiro atoms. The summed E-state index contributed by atoms with van der Waals surface area (Å²) >= 11 is 0. The van der Waals surface area contributed by atoms with Crippen LogP contribution in [0.3, 0.4) is 0 Å². The van der Waals surface area contributed by atoms with E-state index in [-0.39, 0.29) is 23.3 Å². The number of nitrogens with zero attached hydrogens (tertiary/aromatic N) is 1. The lowest BCUT2D eigenvalue weighted by Gasteiger charge is -2.22. The van der Waals surface area contributed by atoms with Crippen molar-refractivity contribution >= 4 is 27.5 Å². The molecule has 0 fully saturated rings. The van der Waals surface area contributed by atoms with Crippen LogP contribution in [0.5, 0.6) is 5.75 Å². The number of nitrogens with one attached hydrogen (secondary N) is 2. The van der Waals surface area contributed by atoms with Gasteiger partial charge in [-0.05, 0) is 53.8 Å². The molecule has 8 nitrogen and oxygen atoms in total. The van der Waals surface area contributed by atoms with Gasteiger partial charge in [0.2, 0.25) is 21.8 Å². The van der Waals surface area contributed by atoms with Gasteiger partial charge in [-0.25, -0.2) is 8.42 Å². The highest BCUT2D eigenvalue weighted by atomic mass is 32.2. The summed E-state index contributed by atoms with van der Waals surface area (Å²) in [5.74, 6) is -0.0221. The van der Waals surface area contributed by atoms with Gasteiger partial charge in [0, 0.05) is 25.7 Å². The molecule has 0 radical (unpaired) electrons. The summed E-state index contributed by atoms with van der Waals surface area (Å²) in [7, 11) is -2.35. The first-order valence-electron chi connectivity index (χ1n) is 10.5. The molecule has 1 heterocycles. The van der Waals surface area contributed by atoms with Gasteiger partial charge in [0.15, 0.2) is 0 Å². The maximum absolute atomic E-state index is 13.0. The summed E-state index contributed by atoms with van der Waals surface area (Å²) in [6, 6.07) is 11.0. The van der Waals surface area contributed by atoms with Gasteiger partial charge in [0.25, 0.3) is 0 Å². The van der Waals surface area contributed by atoms with E-state index in [4.69, 9.17) is 4.74 Å². The van der Waals surface area contributed by atoms with Gasteiger partial charge in [-0.15, -0.1) is 0 Å². The smallest absolute Gasteiger partial charge is 0.241 e. The highest BCUT2D eigenvalue weighted by molar-refractivity contribution is 7.89. The Morgan fingerprint density at radius 1 is 1.12 bits per heavy atom. The second kappa shape index (κ2) is 9.70. The number of hydrogen-bond acceptors (Lipinski definition) is 5. The van der Waals surface area contributed by atoms with E-state index in [0.29, 0.717) is 18.7 Å². The van der Waals surface area contributed by atoms with Crippen molar-refractivity contribution in [3.05, 3.63) is 53.6 Å². The Labute approximate surface area is 189 Å². The third-order valence-electron chi connectivity index (χ3n) is 5.49. The zero-order valence-electron chi connectivity index (χ0n) is 18.7. The maximum atomic E-state index is 13.0. The van der Waals surface area contributed by atoms with Crippen molar-refractivity contribution in [1.82, 2.24) is 10.0 Å². The molecule has 0 aliphatic carbocycles. The normalized spacial score (nSPS) is 14.2. The quantitative estimate of drug-likeness (QED) is 0.630. The number of methoxy groups -OCH3 is 1. The zero-order chi connectivity index (χ0) is 23.5. The Hall–Kier alpha value is -2.91. The average Bonchev–Trinajstić information content (AvgIpc) is 3.19. The van der Waals surface area contributed by atoms with Crippen LogP contribution in [0.2, 0.25) is 0 Å². The number of ether oxygens (including phenoxy) is 1. The number of sulfonamides is 1. The van der Waals surface area contributed by atoms with Crippen LogP contribution in [0.4, 0.5) is 5.69 Å². The number of hydrogen-bond donors (Lipinski definition) is 2. The Balaban J connectivity index is 1.71. The third-order valence-corrected chi connectivity index (χ3v) is 6.93. The van der Waals surface area contributed by atoms with Gasteiger partial charge < -0.3 is 15.0 Å². The van der Waals surface area contributed by atoms with E-state index in [9.17, 15) is 18.0 Å². The Kier molecular flexibility index (Phi) is 7.20. The molecule has 0 unspecified atom stereocenters. The molecule has 2 amide bonds. The van der Waals surface area contributed by atoms with E-state index in [2.05, 4.69) is 10.0 Å². The summed E-state index contributed by atoms with van der Waals surface area (Å²) in [4.78, 5) is 26.2. The van der Waals surface area contributed by atoms with E-state index in [1.807, 2.05) is 12.1 Å². The van der Waals surface area contributed by atoms with Crippen LogP contribution in [0.15, 0.2) is 47.4 Å². The van der Waals surface area contributed by atoms with Crippen molar-refractivity contribution in [2.75, 3.05) is 18.6 Å². The Morgan fingerprint density at radius 2 is 1.81 bits per heavy atom. The second-order valence-corrected chi connectivity index (χ2v) is 9.83. The topological polar surface area (TPSA) is 105 Å². The molecule has 0 saturated heterocycles. The van der Waals surface area contributed by atoms with Crippen LogP contribution in [0.1, 0.15) is 31.9 Å². The predicted molar refractivity (Wildman–Crippen MR) is 122 cm³/mol. The van der Waals surface area contributed by atoms with Crippen molar-refractivity contribution in [1.29, 1.82) is 0 Å². The van der Waals surface area contributed by atoms with Crippen LogP contribution in [0, 0.1) is 5.92 Å². The molecule has 0 bridgehead atoms. The zero-order valence-corrected chi connectivity index (χ0v) is 19.5. The van der Waals surface area contributed by atoms with Crippen molar-refractivity contribution in [3.63, 3.8) is 0 Å². The number of rotatable bonds is 8. The third kappa shape index (κ3) is 5.28. The number of anilines is 1. The highest BCUT2D eigenvalue weighted by Crippen LogP contribution is 2.30. The summed E-state index contributed by atoms with van der Waals surface area (Å²) in [5, 5.41) is 2.80. The molecule has 32 heavy (non-hydrogen) atoms. The Bertz CT molecular complexity index is 1100. The molecule has 2 aromatic carbocycles. The standard InChI is InChI=1S/C23H29N3O5S/c1-15(2)22(23(28)24-14-17-5-7-19(31-4)8-6-17)25-32(29,30)20-9-10-21-18(13-20)11-12-26(21)16(3)27/h5-10,13,15,22,25H,11-12,14H2,1-4H3,(H,24,28)/t22-/m0/s1. The first kappa shape index (κ1) is 23.7. The lowest BCUT2D eigenvalue weighted by molar-refractivity contribution is -0.123. The number of benzene rings is 2. The van der Waals surface area contributed by atoms with Gasteiger partial charge in [-0.1, -0.05) is 26.0 Å². The van der Waals surface area contributed by atoms with E-state index >= 15 is 0 Å². The summed E-state index contributed by atoms with van der Waals surface area (Å²) in [6.45, 7) is 5.86. The van der Waals surface area contributed by atoms with E-state index in [1.54, 1.807) is 50.1 Å². The van der Waals surface area contributed by atoms with Gasteiger partial charge in [-0.3, -0.25) is 9.59 Å². The predicted octanol–water partition coefficient (Wildman–Crippen LogP) is 2.22. The molecule has 2 aromatic rings. The van der Waals surface area contributed by atoms with Crippen LogP contribution in [0.25, 0.3) is 0 Å². The first-order valence-corrected chi connectivity index (χ1v) is 11.9. The fraction of sp³-hybridized carbons (Fsp3) is 0.391. The van der Waals surface area contributed by atoms with Crippen molar-refractivity contribution in [2.24, 2.45) is 5.92 Å². The first-order chi connectivity index (χ1) is 15.1. The van der Waals surface area contributed by atoms with Crippen molar-refractivity contribution in [3.8, 4) is 5.75 Å². The summed E-state index contributed by atoms with van der Waals surface area (Å²) < 4.78 is 33.7.